The Morgan fingerprint density at radius 1 is 1.39 bits per heavy atom. The summed E-state index contributed by atoms with van der Waals surface area (Å²) in [7, 11) is 0. The van der Waals surface area contributed by atoms with E-state index in [0.717, 1.165) is 0 Å². The van der Waals surface area contributed by atoms with E-state index in [-0.39, 0.29) is 6.01 Å². The molecule has 0 radical (unpaired) electrons. The van der Waals surface area contributed by atoms with Crippen molar-refractivity contribution in [2.75, 3.05) is 5.32 Å². The van der Waals surface area contributed by atoms with Crippen molar-refractivity contribution in [1.29, 1.82) is 0 Å². The van der Waals surface area contributed by atoms with Crippen LogP contribution >= 0.6 is 0 Å². The summed E-state index contributed by atoms with van der Waals surface area (Å²) in [6.07, 6.45) is 0. The third kappa shape index (κ3) is 2.38. The molecule has 2 aromatic rings. The van der Waals surface area contributed by atoms with Gasteiger partial charge in [0.2, 0.25) is 0 Å². The minimum Gasteiger partial charge on any atom is -0.315 e. The van der Waals surface area contributed by atoms with Gasteiger partial charge in [-0.05, 0) is 19.4 Å². The summed E-state index contributed by atoms with van der Waals surface area (Å²) in [6, 6.07) is 9.13. The molecule has 3 N–H and O–H groups in total. The number of benzene rings is 1. The van der Waals surface area contributed by atoms with Gasteiger partial charge >= 0.3 is 6.01 Å². The Hall–Kier alpha value is -2.21. The summed E-state index contributed by atoms with van der Waals surface area (Å²) in [4.78, 5) is 16.0. The van der Waals surface area contributed by atoms with E-state index >= 15 is 0 Å². The van der Waals surface area contributed by atoms with Crippen LogP contribution in [-0.2, 0) is 10.3 Å². The van der Waals surface area contributed by atoms with Gasteiger partial charge in [0.15, 0.2) is 5.82 Å². The molecule has 1 aromatic carbocycles. The summed E-state index contributed by atoms with van der Waals surface area (Å²) >= 11 is 0. The highest BCUT2D eigenvalue weighted by molar-refractivity contribution is 5.96. The third-order valence-corrected chi connectivity index (χ3v) is 2.59. The van der Waals surface area contributed by atoms with Crippen molar-refractivity contribution in [3.8, 4) is 0 Å². The monoisotopic (exact) mass is 246 g/mol. The van der Waals surface area contributed by atoms with Crippen molar-refractivity contribution in [2.45, 2.75) is 19.4 Å². The lowest BCUT2D eigenvalue weighted by Crippen LogP contribution is -2.45. The number of aromatic nitrogens is 2. The fraction of sp³-hybridized carbons (Fsp3) is 0.250. The van der Waals surface area contributed by atoms with Gasteiger partial charge in [0.25, 0.3) is 5.91 Å². The van der Waals surface area contributed by atoms with Crippen LogP contribution in [0.4, 0.5) is 6.01 Å². The fourth-order valence-electron chi connectivity index (χ4n) is 1.49. The van der Waals surface area contributed by atoms with Crippen LogP contribution < -0.4 is 11.1 Å². The minimum absolute atomic E-state index is 0.0464. The van der Waals surface area contributed by atoms with Crippen molar-refractivity contribution in [2.24, 2.45) is 5.73 Å². The van der Waals surface area contributed by atoms with Crippen LogP contribution in [0, 0.1) is 6.92 Å². The summed E-state index contributed by atoms with van der Waals surface area (Å²) < 4.78 is 4.82. The Bertz CT molecular complexity index is 548. The highest BCUT2D eigenvalue weighted by Gasteiger charge is 2.31. The number of nitrogens with zero attached hydrogens (tertiary/aromatic N) is 2. The van der Waals surface area contributed by atoms with Gasteiger partial charge in [-0.15, -0.1) is 0 Å². The van der Waals surface area contributed by atoms with E-state index in [2.05, 4.69) is 15.5 Å². The normalized spacial score (nSPS) is 13.9. The van der Waals surface area contributed by atoms with Crippen molar-refractivity contribution in [1.82, 2.24) is 10.1 Å². The molecule has 0 saturated carbocycles. The SMILES string of the molecule is Cc1noc(NC(=O)C(C)(N)c2ccccc2)n1. The molecule has 1 amide bonds. The van der Waals surface area contributed by atoms with Gasteiger partial charge in [0.1, 0.15) is 5.54 Å². The zero-order valence-electron chi connectivity index (χ0n) is 10.2. The molecule has 0 aliphatic heterocycles. The predicted molar refractivity (Wildman–Crippen MR) is 65.6 cm³/mol. The maximum Gasteiger partial charge on any atom is 0.328 e. The number of hydrogen-bond acceptors (Lipinski definition) is 5. The quantitative estimate of drug-likeness (QED) is 0.848. The first-order valence-electron chi connectivity index (χ1n) is 5.46. The van der Waals surface area contributed by atoms with Gasteiger partial charge in [-0.2, -0.15) is 4.98 Å². The second-order valence-corrected chi connectivity index (χ2v) is 4.17. The van der Waals surface area contributed by atoms with Gasteiger partial charge in [-0.1, -0.05) is 35.5 Å². The van der Waals surface area contributed by atoms with Crippen LogP contribution in [0.5, 0.6) is 0 Å². The first-order chi connectivity index (χ1) is 8.50. The summed E-state index contributed by atoms with van der Waals surface area (Å²) in [6.45, 7) is 3.29. The third-order valence-electron chi connectivity index (χ3n) is 2.59. The molecule has 94 valence electrons. The number of nitrogens with two attached hydrogens (primary N) is 1. The zero-order valence-corrected chi connectivity index (χ0v) is 10.2. The molecule has 6 nitrogen and oxygen atoms in total. The van der Waals surface area contributed by atoms with Crippen LogP contribution in [0.15, 0.2) is 34.9 Å². The molecular weight excluding hydrogens is 232 g/mol. The lowest BCUT2D eigenvalue weighted by atomic mass is 9.92. The second kappa shape index (κ2) is 4.58. The molecule has 0 spiro atoms. The first-order valence-corrected chi connectivity index (χ1v) is 5.46. The summed E-state index contributed by atoms with van der Waals surface area (Å²) in [5.41, 5.74) is 5.58. The highest BCUT2D eigenvalue weighted by Crippen LogP contribution is 2.19. The number of hydrogen-bond donors (Lipinski definition) is 2. The molecule has 0 saturated heterocycles. The number of anilines is 1. The van der Waals surface area contributed by atoms with Gasteiger partial charge in [0.05, 0.1) is 0 Å². The number of carbonyl (C=O) groups excluding carboxylic acids is 1. The van der Waals surface area contributed by atoms with E-state index in [0.29, 0.717) is 11.4 Å². The maximum absolute atomic E-state index is 12.1. The Balaban J connectivity index is 2.18. The number of carbonyl (C=O) groups is 1. The lowest BCUT2D eigenvalue weighted by molar-refractivity contribution is -0.121. The topological polar surface area (TPSA) is 94.0 Å². The molecule has 1 heterocycles. The molecule has 0 fully saturated rings. The van der Waals surface area contributed by atoms with Crippen LogP contribution in [-0.4, -0.2) is 16.0 Å². The summed E-state index contributed by atoms with van der Waals surface area (Å²) in [5, 5.41) is 6.08. The van der Waals surface area contributed by atoms with E-state index in [9.17, 15) is 4.79 Å². The minimum atomic E-state index is -1.16. The van der Waals surface area contributed by atoms with E-state index in [1.807, 2.05) is 18.2 Å². The number of amides is 1. The van der Waals surface area contributed by atoms with E-state index < -0.39 is 11.4 Å². The second-order valence-electron chi connectivity index (χ2n) is 4.17. The number of aryl methyl sites for hydroxylation is 1. The fourth-order valence-corrected chi connectivity index (χ4v) is 1.49. The average molecular weight is 246 g/mol. The van der Waals surface area contributed by atoms with Crippen molar-refractivity contribution < 1.29 is 9.32 Å². The Labute approximate surface area is 104 Å². The van der Waals surface area contributed by atoms with Crippen LogP contribution in [0.25, 0.3) is 0 Å². The summed E-state index contributed by atoms with van der Waals surface area (Å²) in [5.74, 6) is 0.0427. The first kappa shape index (κ1) is 12.3. The molecule has 1 unspecified atom stereocenters. The maximum atomic E-state index is 12.1. The smallest absolute Gasteiger partial charge is 0.315 e. The van der Waals surface area contributed by atoms with E-state index in [1.54, 1.807) is 26.0 Å². The Morgan fingerprint density at radius 3 is 2.61 bits per heavy atom. The number of rotatable bonds is 3. The standard InChI is InChI=1S/C12H14N4O2/c1-8-14-11(18-16-8)15-10(17)12(2,13)9-6-4-3-5-7-9/h3-7H,13H2,1-2H3,(H,14,15,16,17). The lowest BCUT2D eigenvalue weighted by Gasteiger charge is -2.22. The molecule has 2 rings (SSSR count). The van der Waals surface area contributed by atoms with Crippen molar-refractivity contribution in [3.05, 3.63) is 41.7 Å². The van der Waals surface area contributed by atoms with Crippen LogP contribution in [0.3, 0.4) is 0 Å². The van der Waals surface area contributed by atoms with E-state index in [1.165, 1.54) is 0 Å². The van der Waals surface area contributed by atoms with Gasteiger partial charge < -0.3 is 10.3 Å². The van der Waals surface area contributed by atoms with Crippen molar-refractivity contribution in [3.63, 3.8) is 0 Å². The molecular formula is C12H14N4O2. The van der Waals surface area contributed by atoms with E-state index in [4.69, 9.17) is 10.3 Å². The Morgan fingerprint density at radius 2 is 2.06 bits per heavy atom. The number of nitrogens with one attached hydrogen (secondary N) is 1. The Kier molecular flexibility index (Phi) is 3.12. The molecule has 18 heavy (non-hydrogen) atoms. The molecule has 0 bridgehead atoms. The molecule has 0 aliphatic carbocycles. The van der Waals surface area contributed by atoms with Crippen molar-refractivity contribution >= 4 is 11.9 Å². The van der Waals surface area contributed by atoms with Gasteiger partial charge in [0, 0.05) is 0 Å². The molecule has 6 heteroatoms. The largest absolute Gasteiger partial charge is 0.328 e. The molecule has 0 aliphatic rings. The van der Waals surface area contributed by atoms with Crippen LogP contribution in [0.2, 0.25) is 0 Å². The van der Waals surface area contributed by atoms with Gasteiger partial charge in [-0.25, -0.2) is 0 Å². The van der Waals surface area contributed by atoms with Gasteiger partial charge in [-0.3, -0.25) is 10.1 Å². The van der Waals surface area contributed by atoms with Crippen LogP contribution in [0.1, 0.15) is 18.3 Å². The molecule has 1 aromatic heterocycles. The molecule has 1 atom stereocenters. The highest BCUT2D eigenvalue weighted by atomic mass is 16.5. The zero-order chi connectivity index (χ0) is 13.2. The average Bonchev–Trinajstić information content (AvgIpc) is 2.76. The predicted octanol–water partition coefficient (Wildman–Crippen LogP) is 1.19.